The van der Waals surface area contributed by atoms with Crippen LogP contribution < -0.4 is 0 Å². The molecule has 1 aliphatic heterocycles. The SMILES string of the molecule is C=C(C)C(=O)OC1(C(F)(F)F)OC(C)(C)C(C)(C)O1. The summed E-state index contributed by atoms with van der Waals surface area (Å²) in [6, 6.07) is 0. The van der Waals surface area contributed by atoms with E-state index in [1.807, 2.05) is 0 Å². The van der Waals surface area contributed by atoms with Crippen LogP contribution in [0.5, 0.6) is 0 Å². The highest BCUT2D eigenvalue weighted by molar-refractivity contribution is 5.87. The lowest BCUT2D eigenvalue weighted by molar-refractivity contribution is -0.447. The topological polar surface area (TPSA) is 44.8 Å². The van der Waals surface area contributed by atoms with E-state index in [-0.39, 0.29) is 5.57 Å². The fourth-order valence-electron chi connectivity index (χ4n) is 1.36. The fourth-order valence-corrected chi connectivity index (χ4v) is 1.36. The number of halogens is 3. The summed E-state index contributed by atoms with van der Waals surface area (Å²) in [5.41, 5.74) is -2.77. The van der Waals surface area contributed by atoms with Crippen LogP contribution in [-0.4, -0.2) is 29.3 Å². The molecule has 110 valence electrons. The van der Waals surface area contributed by atoms with Gasteiger partial charge in [0.1, 0.15) is 0 Å². The van der Waals surface area contributed by atoms with Gasteiger partial charge in [0.05, 0.1) is 11.2 Å². The Bertz CT molecular complexity index is 394. The monoisotopic (exact) mass is 282 g/mol. The molecule has 0 aromatic rings. The molecule has 19 heavy (non-hydrogen) atoms. The van der Waals surface area contributed by atoms with Gasteiger partial charge in [0, 0.05) is 5.57 Å². The lowest BCUT2D eigenvalue weighted by Crippen LogP contribution is -2.51. The van der Waals surface area contributed by atoms with Gasteiger partial charge in [-0.05, 0) is 34.6 Å². The number of esters is 1. The summed E-state index contributed by atoms with van der Waals surface area (Å²) in [5, 5.41) is 0. The number of rotatable bonds is 2. The van der Waals surface area contributed by atoms with Gasteiger partial charge in [-0.3, -0.25) is 0 Å². The summed E-state index contributed by atoms with van der Waals surface area (Å²) >= 11 is 0. The second-order valence-electron chi connectivity index (χ2n) is 5.45. The molecule has 0 saturated carbocycles. The Morgan fingerprint density at radius 3 is 1.74 bits per heavy atom. The van der Waals surface area contributed by atoms with Crippen LogP contribution in [0.1, 0.15) is 34.6 Å². The second-order valence-corrected chi connectivity index (χ2v) is 5.45. The van der Waals surface area contributed by atoms with E-state index < -0.39 is 29.3 Å². The van der Waals surface area contributed by atoms with Crippen LogP contribution in [0, 0.1) is 0 Å². The molecule has 1 saturated heterocycles. The number of hydrogen-bond acceptors (Lipinski definition) is 4. The standard InChI is InChI=1S/C12H17F3O4/c1-7(2)8(16)17-12(11(13,14)15)18-9(3,4)10(5,6)19-12/h1H2,2-6H3. The maximum Gasteiger partial charge on any atom is 0.486 e. The Balaban J connectivity index is 3.20. The molecule has 1 aliphatic rings. The van der Waals surface area contributed by atoms with Crippen molar-refractivity contribution in [1.82, 2.24) is 0 Å². The van der Waals surface area contributed by atoms with Crippen molar-refractivity contribution in [3.05, 3.63) is 12.2 Å². The van der Waals surface area contributed by atoms with Crippen molar-refractivity contribution >= 4 is 5.97 Å². The van der Waals surface area contributed by atoms with Crippen LogP contribution in [0.4, 0.5) is 13.2 Å². The summed E-state index contributed by atoms with van der Waals surface area (Å²) in [4.78, 5) is 11.4. The molecule has 1 fully saturated rings. The van der Waals surface area contributed by atoms with Crippen LogP contribution in [0.25, 0.3) is 0 Å². The zero-order valence-corrected chi connectivity index (χ0v) is 11.5. The maximum absolute atomic E-state index is 13.2. The minimum Gasteiger partial charge on any atom is -0.397 e. The van der Waals surface area contributed by atoms with Gasteiger partial charge in [-0.15, -0.1) is 0 Å². The van der Waals surface area contributed by atoms with Crippen molar-refractivity contribution < 1.29 is 32.2 Å². The van der Waals surface area contributed by atoms with Gasteiger partial charge >= 0.3 is 18.1 Å². The molecule has 4 nitrogen and oxygen atoms in total. The number of carbonyl (C=O) groups is 1. The van der Waals surface area contributed by atoms with Gasteiger partial charge in [0.2, 0.25) is 0 Å². The highest BCUT2D eigenvalue weighted by atomic mass is 19.4. The molecular formula is C12H17F3O4. The summed E-state index contributed by atoms with van der Waals surface area (Å²) in [7, 11) is 0. The van der Waals surface area contributed by atoms with E-state index in [0.717, 1.165) is 0 Å². The minimum atomic E-state index is -5.02. The molecule has 0 bridgehead atoms. The molecule has 7 heteroatoms. The molecule has 1 rings (SSSR count). The predicted octanol–water partition coefficient (Wildman–Crippen LogP) is 2.93. The third-order valence-electron chi connectivity index (χ3n) is 3.15. The zero-order chi connectivity index (χ0) is 15.3. The second kappa shape index (κ2) is 4.21. The van der Waals surface area contributed by atoms with Crippen LogP contribution in [0.2, 0.25) is 0 Å². The highest BCUT2D eigenvalue weighted by Gasteiger charge is 2.73. The van der Waals surface area contributed by atoms with E-state index in [1.54, 1.807) is 0 Å². The molecular weight excluding hydrogens is 265 g/mol. The average Bonchev–Trinajstić information content (AvgIpc) is 2.31. The number of ether oxygens (including phenoxy) is 3. The van der Waals surface area contributed by atoms with Crippen molar-refractivity contribution in [2.45, 2.75) is 58.0 Å². The van der Waals surface area contributed by atoms with Gasteiger partial charge in [-0.2, -0.15) is 13.2 Å². The number of carbonyl (C=O) groups excluding carboxylic acids is 1. The summed E-state index contributed by atoms with van der Waals surface area (Å²) < 4.78 is 53.7. The van der Waals surface area contributed by atoms with Gasteiger partial charge < -0.3 is 14.2 Å². The molecule has 0 aromatic heterocycles. The molecule has 0 radical (unpaired) electrons. The average molecular weight is 282 g/mol. The van der Waals surface area contributed by atoms with E-state index in [0.29, 0.717) is 0 Å². The van der Waals surface area contributed by atoms with Crippen molar-refractivity contribution in [3.8, 4) is 0 Å². The molecule has 0 spiro atoms. The first-order chi connectivity index (χ1) is 8.24. The Morgan fingerprint density at radius 2 is 1.47 bits per heavy atom. The van der Waals surface area contributed by atoms with E-state index >= 15 is 0 Å². The lowest BCUT2D eigenvalue weighted by Gasteiger charge is -2.29. The van der Waals surface area contributed by atoms with E-state index in [4.69, 9.17) is 9.47 Å². The molecule has 0 aromatic carbocycles. The van der Waals surface area contributed by atoms with Crippen LogP contribution >= 0.6 is 0 Å². The van der Waals surface area contributed by atoms with Crippen LogP contribution in [0.15, 0.2) is 12.2 Å². The molecule has 0 unspecified atom stereocenters. The third-order valence-corrected chi connectivity index (χ3v) is 3.15. The van der Waals surface area contributed by atoms with Crippen molar-refractivity contribution in [1.29, 1.82) is 0 Å². The molecule has 0 aliphatic carbocycles. The Labute approximate surface area is 109 Å². The van der Waals surface area contributed by atoms with E-state index in [1.165, 1.54) is 34.6 Å². The van der Waals surface area contributed by atoms with Crippen LogP contribution in [-0.2, 0) is 19.0 Å². The van der Waals surface area contributed by atoms with Crippen LogP contribution in [0.3, 0.4) is 0 Å². The minimum absolute atomic E-state index is 0.182. The Morgan fingerprint density at radius 1 is 1.11 bits per heavy atom. The van der Waals surface area contributed by atoms with Gasteiger partial charge in [-0.25, -0.2) is 4.79 Å². The predicted molar refractivity (Wildman–Crippen MR) is 60.0 cm³/mol. The van der Waals surface area contributed by atoms with Gasteiger partial charge in [0.15, 0.2) is 0 Å². The first-order valence-corrected chi connectivity index (χ1v) is 5.60. The summed E-state index contributed by atoms with van der Waals surface area (Å²) in [6.45, 7) is 10.2. The van der Waals surface area contributed by atoms with Crippen molar-refractivity contribution in [2.75, 3.05) is 0 Å². The lowest BCUT2D eigenvalue weighted by atomic mass is 9.90. The van der Waals surface area contributed by atoms with Crippen molar-refractivity contribution in [2.24, 2.45) is 0 Å². The normalized spacial score (nSPS) is 24.0. The van der Waals surface area contributed by atoms with Gasteiger partial charge in [0.25, 0.3) is 0 Å². The van der Waals surface area contributed by atoms with E-state index in [9.17, 15) is 18.0 Å². The number of hydrogen-bond donors (Lipinski definition) is 0. The van der Waals surface area contributed by atoms with Gasteiger partial charge in [-0.1, -0.05) is 6.58 Å². The van der Waals surface area contributed by atoms with E-state index in [2.05, 4.69) is 11.3 Å². The molecule has 0 atom stereocenters. The number of alkyl halides is 3. The molecule has 0 N–H and O–H groups in total. The van der Waals surface area contributed by atoms with Crippen molar-refractivity contribution in [3.63, 3.8) is 0 Å². The first-order valence-electron chi connectivity index (χ1n) is 5.60. The Kier molecular flexibility index (Phi) is 3.54. The first kappa shape index (κ1) is 16.0. The molecule has 0 amide bonds. The Hall–Kier alpha value is -1.08. The smallest absolute Gasteiger partial charge is 0.397 e. The highest BCUT2D eigenvalue weighted by Crippen LogP contribution is 2.51. The zero-order valence-electron chi connectivity index (χ0n) is 11.5. The largest absolute Gasteiger partial charge is 0.486 e. The summed E-state index contributed by atoms with van der Waals surface area (Å²) in [6.07, 6.45) is -5.02. The maximum atomic E-state index is 13.2. The fraction of sp³-hybridized carbons (Fsp3) is 0.750. The summed E-state index contributed by atoms with van der Waals surface area (Å²) in [5.74, 6) is -4.64. The molecule has 1 heterocycles. The third kappa shape index (κ3) is 2.62. The quantitative estimate of drug-likeness (QED) is 0.577.